The van der Waals surface area contributed by atoms with E-state index in [0.29, 0.717) is 25.8 Å². The Bertz CT molecular complexity index is 417. The number of halogens is 2. The number of hydrogen-bond donors (Lipinski definition) is 0. The highest BCUT2D eigenvalue weighted by Crippen LogP contribution is 2.16. The average Bonchev–Trinajstić information content (AvgIpc) is 2.86. The van der Waals surface area contributed by atoms with Gasteiger partial charge in [-0.2, -0.15) is 0 Å². The molecule has 0 spiro atoms. The zero-order valence-corrected chi connectivity index (χ0v) is 27.3. The highest BCUT2D eigenvalue weighted by Gasteiger charge is 2.11. The first-order valence-corrected chi connectivity index (χ1v) is 17.6. The summed E-state index contributed by atoms with van der Waals surface area (Å²) in [6.45, 7) is 5.23. The molecule has 0 radical (unpaired) electrons. The van der Waals surface area contributed by atoms with Gasteiger partial charge in [-0.25, -0.2) is 0 Å². The third-order valence-electron chi connectivity index (χ3n) is 6.23. The molecule has 0 amide bonds. The van der Waals surface area contributed by atoms with Crippen LogP contribution in [0.5, 0.6) is 0 Å². The number of alkyl halides is 2. The molecule has 2 unspecified atom stereocenters. The zero-order valence-electron chi connectivity index (χ0n) is 23.0. The highest BCUT2D eigenvalue weighted by atomic mass is 127. The molecular weight excluding hydrogens is 662 g/mol. The lowest BCUT2D eigenvalue weighted by Crippen LogP contribution is -2.19. The lowest BCUT2D eigenvalue weighted by Gasteiger charge is -2.20. The molecule has 0 aromatic rings. The standard InChI is InChI=1S/C30H56I2O3/c1-3-5-7-9-15-21-29(23-17-11-13-19-25-31)34-27-33-28-35-30(22-16-10-8-6-4-2)24-18-12-14-20-26-32/h11-14,29-30H,3-10,15-28H2,1-2H3/b13-11+,14-12+. The first-order chi connectivity index (χ1) is 17.3. The Morgan fingerprint density at radius 3 is 1.31 bits per heavy atom. The van der Waals surface area contributed by atoms with Crippen LogP contribution in [0.4, 0.5) is 0 Å². The van der Waals surface area contributed by atoms with Gasteiger partial charge in [0.2, 0.25) is 0 Å². The van der Waals surface area contributed by atoms with Crippen LogP contribution in [-0.4, -0.2) is 34.6 Å². The fourth-order valence-electron chi connectivity index (χ4n) is 4.06. The molecule has 0 aliphatic heterocycles. The smallest absolute Gasteiger partial charge is 0.149 e. The largest absolute Gasteiger partial charge is 0.352 e. The number of hydrogen-bond acceptors (Lipinski definition) is 3. The third kappa shape index (κ3) is 27.7. The Morgan fingerprint density at radius 2 is 0.914 bits per heavy atom. The van der Waals surface area contributed by atoms with Gasteiger partial charge >= 0.3 is 0 Å². The summed E-state index contributed by atoms with van der Waals surface area (Å²) in [5.74, 6) is 0. The first-order valence-electron chi connectivity index (χ1n) is 14.5. The molecule has 3 nitrogen and oxygen atoms in total. The van der Waals surface area contributed by atoms with Crippen molar-refractivity contribution in [1.82, 2.24) is 0 Å². The van der Waals surface area contributed by atoms with Gasteiger partial charge in [0, 0.05) is 8.86 Å². The quantitative estimate of drug-likeness (QED) is 0.0265. The molecule has 208 valence electrons. The van der Waals surface area contributed by atoms with Crippen molar-refractivity contribution in [2.75, 3.05) is 22.4 Å². The van der Waals surface area contributed by atoms with Crippen LogP contribution < -0.4 is 0 Å². The molecule has 2 atom stereocenters. The number of ether oxygens (including phenoxy) is 3. The summed E-state index contributed by atoms with van der Waals surface area (Å²) in [6.07, 6.45) is 31.9. The van der Waals surface area contributed by atoms with E-state index in [1.807, 2.05) is 0 Å². The summed E-state index contributed by atoms with van der Waals surface area (Å²) in [5.41, 5.74) is 0. The van der Waals surface area contributed by atoms with E-state index in [9.17, 15) is 0 Å². The molecule has 0 fully saturated rings. The average molecular weight is 719 g/mol. The second-order valence-electron chi connectivity index (χ2n) is 9.48. The molecular formula is C30H56I2O3. The lowest BCUT2D eigenvalue weighted by molar-refractivity contribution is -0.167. The summed E-state index contributed by atoms with van der Waals surface area (Å²) < 4.78 is 20.4. The number of allylic oxidation sites excluding steroid dienone is 4. The third-order valence-corrected chi connectivity index (χ3v) is 7.47. The topological polar surface area (TPSA) is 27.7 Å². The van der Waals surface area contributed by atoms with E-state index < -0.39 is 0 Å². The van der Waals surface area contributed by atoms with Crippen LogP contribution in [0.15, 0.2) is 24.3 Å². The maximum absolute atomic E-state index is 6.14. The molecule has 0 rings (SSSR count). The van der Waals surface area contributed by atoms with Crippen molar-refractivity contribution in [2.24, 2.45) is 0 Å². The summed E-state index contributed by atoms with van der Waals surface area (Å²) in [6, 6.07) is 0. The van der Waals surface area contributed by atoms with E-state index in [1.165, 1.54) is 73.1 Å². The predicted octanol–water partition coefficient (Wildman–Crippen LogP) is 10.7. The molecule has 0 heterocycles. The minimum Gasteiger partial charge on any atom is -0.352 e. The fraction of sp³-hybridized carbons (Fsp3) is 0.867. The van der Waals surface area contributed by atoms with E-state index >= 15 is 0 Å². The van der Waals surface area contributed by atoms with Crippen LogP contribution in [0.3, 0.4) is 0 Å². The Morgan fingerprint density at radius 1 is 0.514 bits per heavy atom. The van der Waals surface area contributed by atoms with Crippen molar-refractivity contribution in [1.29, 1.82) is 0 Å². The Labute approximate surface area is 246 Å². The van der Waals surface area contributed by atoms with Crippen LogP contribution in [0, 0.1) is 0 Å². The molecule has 0 aliphatic carbocycles. The van der Waals surface area contributed by atoms with Gasteiger partial charge in [-0.15, -0.1) is 0 Å². The summed E-state index contributed by atoms with van der Waals surface area (Å²) in [7, 11) is 0. The Kier molecular flexibility index (Phi) is 31.8. The summed E-state index contributed by atoms with van der Waals surface area (Å²) in [5, 5.41) is 0. The zero-order chi connectivity index (χ0) is 25.7. The highest BCUT2D eigenvalue weighted by molar-refractivity contribution is 14.1. The van der Waals surface area contributed by atoms with Gasteiger partial charge < -0.3 is 14.2 Å². The van der Waals surface area contributed by atoms with Gasteiger partial charge in [0.15, 0.2) is 0 Å². The first kappa shape index (κ1) is 35.8. The molecule has 0 aromatic carbocycles. The summed E-state index contributed by atoms with van der Waals surface area (Å²) in [4.78, 5) is 0. The van der Waals surface area contributed by atoms with Crippen LogP contribution in [0.2, 0.25) is 0 Å². The maximum atomic E-state index is 6.14. The van der Waals surface area contributed by atoms with Crippen molar-refractivity contribution >= 4 is 45.2 Å². The minimum absolute atomic E-state index is 0.290. The van der Waals surface area contributed by atoms with Crippen molar-refractivity contribution in [2.45, 2.75) is 142 Å². The SMILES string of the molecule is CCCCCCCC(CC/C=C/CCI)OCOCOC(CC/C=C/CCI)CCCCCCC. The predicted molar refractivity (Wildman–Crippen MR) is 171 cm³/mol. The lowest BCUT2D eigenvalue weighted by atomic mass is 10.0. The van der Waals surface area contributed by atoms with Gasteiger partial charge in [0.25, 0.3) is 0 Å². The van der Waals surface area contributed by atoms with Crippen molar-refractivity contribution in [3.8, 4) is 0 Å². The van der Waals surface area contributed by atoms with E-state index in [4.69, 9.17) is 14.2 Å². The van der Waals surface area contributed by atoms with Crippen molar-refractivity contribution in [3.05, 3.63) is 24.3 Å². The van der Waals surface area contributed by atoms with E-state index in [0.717, 1.165) is 51.4 Å². The van der Waals surface area contributed by atoms with Crippen molar-refractivity contribution < 1.29 is 14.2 Å². The molecule has 0 aromatic heterocycles. The maximum Gasteiger partial charge on any atom is 0.149 e. The summed E-state index contributed by atoms with van der Waals surface area (Å²) >= 11 is 4.86. The molecule has 5 heteroatoms. The van der Waals surface area contributed by atoms with E-state index in [-0.39, 0.29) is 0 Å². The molecule has 0 aliphatic rings. The molecule has 0 saturated heterocycles. The fourth-order valence-corrected chi connectivity index (χ4v) is 4.78. The normalized spacial score (nSPS) is 13.8. The van der Waals surface area contributed by atoms with Crippen molar-refractivity contribution in [3.63, 3.8) is 0 Å². The van der Waals surface area contributed by atoms with Gasteiger partial charge in [-0.05, 0) is 51.4 Å². The van der Waals surface area contributed by atoms with Crippen LogP contribution in [0.1, 0.15) is 129 Å². The molecule has 0 saturated carbocycles. The van der Waals surface area contributed by atoms with Crippen LogP contribution in [-0.2, 0) is 14.2 Å². The van der Waals surface area contributed by atoms with Crippen LogP contribution in [0.25, 0.3) is 0 Å². The van der Waals surface area contributed by atoms with Gasteiger partial charge in [0.1, 0.15) is 13.6 Å². The van der Waals surface area contributed by atoms with E-state index in [1.54, 1.807) is 0 Å². The monoisotopic (exact) mass is 718 g/mol. The number of rotatable bonds is 28. The Hall–Kier alpha value is 0.820. The molecule has 35 heavy (non-hydrogen) atoms. The van der Waals surface area contributed by atoms with Crippen LogP contribution >= 0.6 is 45.2 Å². The van der Waals surface area contributed by atoms with E-state index in [2.05, 4.69) is 83.3 Å². The molecule has 0 bridgehead atoms. The van der Waals surface area contributed by atoms with Gasteiger partial charge in [-0.3, -0.25) is 0 Å². The Balaban J connectivity index is 4.30. The second kappa shape index (κ2) is 31.0. The van der Waals surface area contributed by atoms with Gasteiger partial charge in [-0.1, -0.05) is 148 Å². The second-order valence-corrected chi connectivity index (χ2v) is 11.6. The molecule has 0 N–H and O–H groups in total. The number of unbranched alkanes of at least 4 members (excludes halogenated alkanes) is 8. The van der Waals surface area contributed by atoms with Gasteiger partial charge in [0.05, 0.1) is 12.2 Å². The minimum atomic E-state index is 0.290.